The molecular formula is C20H22N4O3. The van der Waals surface area contributed by atoms with Crippen molar-refractivity contribution in [2.75, 3.05) is 0 Å². The van der Waals surface area contributed by atoms with Crippen molar-refractivity contribution in [3.8, 4) is 0 Å². The summed E-state index contributed by atoms with van der Waals surface area (Å²) in [6.45, 7) is 6.36. The highest BCUT2D eigenvalue weighted by Crippen LogP contribution is 2.19. The van der Waals surface area contributed by atoms with Crippen molar-refractivity contribution in [3.63, 3.8) is 0 Å². The standard InChI is InChI=1S/C20H22N4O3/c1-4-24-17-16(19(26)23-20(24)27)14(10-15(22-17)12(2)3)18(25)21-11-13-8-6-5-7-9-13/h5-10,12H,4,11H2,1-3H3,(H,21,25)(H,23,26,27). The SMILES string of the molecule is CCn1c(=O)[nH]c(=O)c2c(C(=O)NCc3ccccc3)cc(C(C)C)nc21. The maximum absolute atomic E-state index is 12.9. The van der Waals surface area contributed by atoms with E-state index < -0.39 is 11.2 Å². The zero-order chi connectivity index (χ0) is 19.6. The molecule has 0 aliphatic heterocycles. The van der Waals surface area contributed by atoms with Crippen LogP contribution in [0.25, 0.3) is 11.0 Å². The first-order valence-electron chi connectivity index (χ1n) is 8.92. The second-order valence-electron chi connectivity index (χ2n) is 6.62. The molecule has 7 heteroatoms. The molecule has 0 aliphatic carbocycles. The number of amides is 1. The molecule has 0 saturated heterocycles. The summed E-state index contributed by atoms with van der Waals surface area (Å²) < 4.78 is 1.37. The third kappa shape index (κ3) is 3.67. The van der Waals surface area contributed by atoms with Gasteiger partial charge in [0.2, 0.25) is 0 Å². The molecule has 27 heavy (non-hydrogen) atoms. The molecule has 0 fully saturated rings. The normalized spacial score (nSPS) is 11.1. The lowest BCUT2D eigenvalue weighted by atomic mass is 10.0. The van der Waals surface area contributed by atoms with Crippen molar-refractivity contribution in [2.24, 2.45) is 0 Å². The Bertz CT molecular complexity index is 1100. The number of carbonyl (C=O) groups is 1. The Morgan fingerprint density at radius 3 is 2.56 bits per heavy atom. The molecule has 1 aromatic carbocycles. The van der Waals surface area contributed by atoms with Gasteiger partial charge in [-0.05, 0) is 24.5 Å². The van der Waals surface area contributed by atoms with Crippen molar-refractivity contribution in [3.05, 3.63) is 74.1 Å². The van der Waals surface area contributed by atoms with Crippen molar-refractivity contribution >= 4 is 16.9 Å². The summed E-state index contributed by atoms with van der Waals surface area (Å²) in [6.07, 6.45) is 0. The van der Waals surface area contributed by atoms with Gasteiger partial charge in [0.15, 0.2) is 5.65 Å². The van der Waals surface area contributed by atoms with Crippen LogP contribution in [-0.2, 0) is 13.1 Å². The van der Waals surface area contributed by atoms with Crippen LogP contribution in [0.4, 0.5) is 0 Å². The second-order valence-corrected chi connectivity index (χ2v) is 6.62. The third-order valence-corrected chi connectivity index (χ3v) is 4.42. The summed E-state index contributed by atoms with van der Waals surface area (Å²) in [6, 6.07) is 11.1. The van der Waals surface area contributed by atoms with Gasteiger partial charge in [0.05, 0.1) is 10.9 Å². The summed E-state index contributed by atoms with van der Waals surface area (Å²) in [4.78, 5) is 44.2. The van der Waals surface area contributed by atoms with E-state index in [1.54, 1.807) is 13.0 Å². The zero-order valence-corrected chi connectivity index (χ0v) is 15.6. The van der Waals surface area contributed by atoms with Gasteiger partial charge in [-0.1, -0.05) is 44.2 Å². The minimum Gasteiger partial charge on any atom is -0.348 e. The molecule has 2 N–H and O–H groups in total. The van der Waals surface area contributed by atoms with Crippen LogP contribution in [0.15, 0.2) is 46.0 Å². The van der Waals surface area contributed by atoms with Gasteiger partial charge in [-0.2, -0.15) is 0 Å². The van der Waals surface area contributed by atoms with Gasteiger partial charge in [0, 0.05) is 18.8 Å². The lowest BCUT2D eigenvalue weighted by Crippen LogP contribution is -2.33. The molecule has 2 heterocycles. The quantitative estimate of drug-likeness (QED) is 0.723. The fraction of sp³-hybridized carbons (Fsp3) is 0.300. The molecule has 0 bridgehead atoms. The summed E-state index contributed by atoms with van der Waals surface area (Å²) in [5, 5.41) is 2.98. The molecular weight excluding hydrogens is 344 g/mol. The second kappa shape index (κ2) is 7.57. The predicted octanol–water partition coefficient (Wildman–Crippen LogP) is 2.16. The highest BCUT2D eigenvalue weighted by atomic mass is 16.2. The number of aryl methyl sites for hydroxylation is 1. The lowest BCUT2D eigenvalue weighted by Gasteiger charge is -2.14. The Hall–Kier alpha value is -3.22. The fourth-order valence-electron chi connectivity index (χ4n) is 2.94. The predicted molar refractivity (Wildman–Crippen MR) is 104 cm³/mol. The number of fused-ring (bicyclic) bond motifs is 1. The van der Waals surface area contributed by atoms with Gasteiger partial charge in [-0.25, -0.2) is 9.78 Å². The summed E-state index contributed by atoms with van der Waals surface area (Å²) in [5.74, 6) is -0.338. The maximum Gasteiger partial charge on any atom is 0.329 e. The number of nitrogens with one attached hydrogen (secondary N) is 2. The number of hydrogen-bond acceptors (Lipinski definition) is 4. The highest BCUT2D eigenvalue weighted by molar-refractivity contribution is 6.05. The Kier molecular flexibility index (Phi) is 5.21. The van der Waals surface area contributed by atoms with Crippen LogP contribution in [0.1, 0.15) is 48.3 Å². The maximum atomic E-state index is 12.9. The Balaban J connectivity index is 2.14. The summed E-state index contributed by atoms with van der Waals surface area (Å²) in [5.41, 5.74) is 0.934. The smallest absolute Gasteiger partial charge is 0.329 e. The average molecular weight is 366 g/mol. The topological polar surface area (TPSA) is 96.9 Å². The number of benzene rings is 1. The molecule has 0 atom stereocenters. The van der Waals surface area contributed by atoms with Gasteiger partial charge in [0.25, 0.3) is 11.5 Å². The van der Waals surface area contributed by atoms with E-state index in [1.165, 1.54) is 4.57 Å². The van der Waals surface area contributed by atoms with Gasteiger partial charge >= 0.3 is 5.69 Å². The Morgan fingerprint density at radius 2 is 1.93 bits per heavy atom. The first kappa shape index (κ1) is 18.6. The van der Waals surface area contributed by atoms with Crippen LogP contribution in [0.5, 0.6) is 0 Å². The summed E-state index contributed by atoms with van der Waals surface area (Å²) in [7, 11) is 0. The molecule has 3 aromatic rings. The van der Waals surface area contributed by atoms with E-state index in [4.69, 9.17) is 0 Å². The number of aromatic amines is 1. The number of aromatic nitrogens is 3. The molecule has 0 radical (unpaired) electrons. The highest BCUT2D eigenvalue weighted by Gasteiger charge is 2.20. The molecule has 0 saturated carbocycles. The van der Waals surface area contributed by atoms with Crippen LogP contribution in [0.3, 0.4) is 0 Å². The van der Waals surface area contributed by atoms with E-state index in [2.05, 4.69) is 15.3 Å². The lowest BCUT2D eigenvalue weighted by molar-refractivity contribution is 0.0952. The average Bonchev–Trinajstić information content (AvgIpc) is 2.66. The van der Waals surface area contributed by atoms with Gasteiger partial charge in [-0.3, -0.25) is 19.1 Å². The van der Waals surface area contributed by atoms with Gasteiger partial charge < -0.3 is 5.32 Å². The largest absolute Gasteiger partial charge is 0.348 e. The van der Waals surface area contributed by atoms with E-state index in [9.17, 15) is 14.4 Å². The van der Waals surface area contributed by atoms with Crippen LogP contribution in [-0.4, -0.2) is 20.4 Å². The number of nitrogens with zero attached hydrogens (tertiary/aromatic N) is 2. The van der Waals surface area contributed by atoms with Crippen LogP contribution in [0, 0.1) is 0 Å². The van der Waals surface area contributed by atoms with E-state index in [0.29, 0.717) is 18.8 Å². The monoisotopic (exact) mass is 366 g/mol. The molecule has 0 unspecified atom stereocenters. The third-order valence-electron chi connectivity index (χ3n) is 4.42. The van der Waals surface area contributed by atoms with E-state index >= 15 is 0 Å². The number of pyridine rings is 1. The molecule has 140 valence electrons. The minimum atomic E-state index is -0.604. The molecule has 0 aliphatic rings. The number of carbonyl (C=O) groups excluding carboxylic acids is 1. The molecule has 3 rings (SSSR count). The van der Waals surface area contributed by atoms with E-state index in [-0.39, 0.29) is 28.4 Å². The van der Waals surface area contributed by atoms with Gasteiger partial charge in [-0.15, -0.1) is 0 Å². The van der Waals surface area contributed by atoms with Crippen molar-refractivity contribution in [1.29, 1.82) is 0 Å². The van der Waals surface area contributed by atoms with Gasteiger partial charge in [0.1, 0.15) is 0 Å². The minimum absolute atomic E-state index is 0.0368. The van der Waals surface area contributed by atoms with E-state index in [1.807, 2.05) is 44.2 Å². The van der Waals surface area contributed by atoms with Crippen molar-refractivity contribution in [1.82, 2.24) is 19.9 Å². The molecule has 1 amide bonds. The Labute approximate surface area is 156 Å². The molecule has 2 aromatic heterocycles. The van der Waals surface area contributed by atoms with Crippen molar-refractivity contribution < 1.29 is 4.79 Å². The van der Waals surface area contributed by atoms with Crippen LogP contribution in [0.2, 0.25) is 0 Å². The zero-order valence-electron chi connectivity index (χ0n) is 15.6. The molecule has 0 spiro atoms. The van der Waals surface area contributed by atoms with Crippen molar-refractivity contribution in [2.45, 2.75) is 39.8 Å². The number of H-pyrrole nitrogens is 1. The Morgan fingerprint density at radius 1 is 1.22 bits per heavy atom. The summed E-state index contributed by atoms with van der Waals surface area (Å²) >= 11 is 0. The van der Waals surface area contributed by atoms with Crippen LogP contribution < -0.4 is 16.6 Å². The number of rotatable bonds is 5. The number of hydrogen-bond donors (Lipinski definition) is 2. The fourth-order valence-corrected chi connectivity index (χ4v) is 2.94. The molecule has 7 nitrogen and oxygen atoms in total. The first-order chi connectivity index (χ1) is 12.9. The first-order valence-corrected chi connectivity index (χ1v) is 8.92. The van der Waals surface area contributed by atoms with E-state index in [0.717, 1.165) is 5.56 Å². The van der Waals surface area contributed by atoms with Crippen LogP contribution >= 0.6 is 0 Å².